The van der Waals surface area contributed by atoms with E-state index in [0.29, 0.717) is 18.7 Å². The molecule has 1 aromatic rings. The monoisotopic (exact) mass is 300 g/mol. The maximum Gasteiger partial charge on any atom is 0.243 e. The van der Waals surface area contributed by atoms with Gasteiger partial charge in [0.1, 0.15) is 5.82 Å². The van der Waals surface area contributed by atoms with Gasteiger partial charge in [0, 0.05) is 24.7 Å². The van der Waals surface area contributed by atoms with Crippen molar-refractivity contribution in [1.82, 2.24) is 9.62 Å². The first-order valence-electron chi connectivity index (χ1n) is 6.91. The number of hydrogen-bond donors (Lipinski definition) is 1. The summed E-state index contributed by atoms with van der Waals surface area (Å²) < 4.78 is 40.4. The smallest absolute Gasteiger partial charge is 0.243 e. The highest BCUT2D eigenvalue weighted by Gasteiger charge is 2.31. The summed E-state index contributed by atoms with van der Waals surface area (Å²) in [5.41, 5.74) is 0.373. The fraction of sp³-hybridized carbons (Fsp3) is 0.571. The first-order chi connectivity index (χ1) is 9.46. The van der Waals surface area contributed by atoms with Crippen LogP contribution in [0.25, 0.3) is 0 Å². The molecule has 0 bridgehead atoms. The molecule has 0 amide bonds. The summed E-state index contributed by atoms with van der Waals surface area (Å²) in [7, 11) is -1.83. The second-order valence-corrected chi connectivity index (χ2v) is 7.13. The van der Waals surface area contributed by atoms with Crippen LogP contribution in [-0.4, -0.2) is 32.4 Å². The molecule has 1 heterocycles. The highest BCUT2D eigenvalue weighted by molar-refractivity contribution is 7.89. The van der Waals surface area contributed by atoms with Gasteiger partial charge in [0.25, 0.3) is 0 Å². The van der Waals surface area contributed by atoms with Gasteiger partial charge in [0.15, 0.2) is 0 Å². The molecule has 0 radical (unpaired) electrons. The third kappa shape index (κ3) is 3.02. The Morgan fingerprint density at radius 3 is 2.80 bits per heavy atom. The van der Waals surface area contributed by atoms with Gasteiger partial charge in [-0.3, -0.25) is 0 Å². The standard InChI is InChI=1S/C14H21FN2O2S/c1-11-5-3-4-8-17(11)20(18,19)13-6-7-14(15)12(9-13)10-16-2/h6-7,9,11,16H,3-5,8,10H2,1-2H3. The molecule has 0 saturated carbocycles. The van der Waals surface area contributed by atoms with Crippen molar-refractivity contribution in [2.75, 3.05) is 13.6 Å². The van der Waals surface area contributed by atoms with E-state index in [2.05, 4.69) is 5.32 Å². The number of rotatable bonds is 4. The molecule has 1 unspecified atom stereocenters. The van der Waals surface area contributed by atoms with E-state index < -0.39 is 10.0 Å². The fourth-order valence-electron chi connectivity index (χ4n) is 2.60. The largest absolute Gasteiger partial charge is 0.316 e. The highest BCUT2D eigenvalue weighted by Crippen LogP contribution is 2.26. The van der Waals surface area contributed by atoms with Crippen LogP contribution in [0.1, 0.15) is 31.7 Å². The lowest BCUT2D eigenvalue weighted by Crippen LogP contribution is -2.41. The summed E-state index contributed by atoms with van der Waals surface area (Å²) in [4.78, 5) is 0.179. The van der Waals surface area contributed by atoms with Gasteiger partial charge in [-0.2, -0.15) is 4.31 Å². The first kappa shape index (κ1) is 15.4. The van der Waals surface area contributed by atoms with Crippen LogP contribution in [-0.2, 0) is 16.6 Å². The van der Waals surface area contributed by atoms with Gasteiger partial charge in [-0.05, 0) is 45.0 Å². The second kappa shape index (κ2) is 6.20. The molecule has 1 aromatic carbocycles. The lowest BCUT2D eigenvalue weighted by atomic mass is 10.1. The third-order valence-electron chi connectivity index (χ3n) is 3.73. The maximum atomic E-state index is 13.6. The van der Waals surface area contributed by atoms with Crippen molar-refractivity contribution in [2.24, 2.45) is 0 Å². The van der Waals surface area contributed by atoms with Gasteiger partial charge in [-0.25, -0.2) is 12.8 Å². The molecule has 0 aromatic heterocycles. The Hall–Kier alpha value is -0.980. The SMILES string of the molecule is CNCc1cc(S(=O)(=O)N2CCCCC2C)ccc1F. The van der Waals surface area contributed by atoms with E-state index in [1.807, 2.05) is 6.92 Å². The van der Waals surface area contributed by atoms with Gasteiger partial charge < -0.3 is 5.32 Å². The fourth-order valence-corrected chi connectivity index (χ4v) is 4.35. The first-order valence-corrected chi connectivity index (χ1v) is 8.35. The van der Waals surface area contributed by atoms with Crippen LogP contribution < -0.4 is 5.32 Å². The van der Waals surface area contributed by atoms with Gasteiger partial charge >= 0.3 is 0 Å². The molecule has 1 aliphatic rings. The Kier molecular flexibility index (Phi) is 4.78. The number of hydrogen-bond acceptors (Lipinski definition) is 3. The van der Waals surface area contributed by atoms with Crippen molar-refractivity contribution in [3.05, 3.63) is 29.6 Å². The predicted octanol–water partition coefficient (Wildman–Crippen LogP) is 2.11. The average molecular weight is 300 g/mol. The Bertz CT molecular complexity index is 575. The minimum Gasteiger partial charge on any atom is -0.316 e. The Morgan fingerprint density at radius 1 is 1.40 bits per heavy atom. The molecule has 112 valence electrons. The lowest BCUT2D eigenvalue weighted by molar-refractivity contribution is 0.268. The number of sulfonamides is 1. The van der Waals surface area contributed by atoms with E-state index in [0.717, 1.165) is 19.3 Å². The quantitative estimate of drug-likeness (QED) is 0.926. The zero-order valence-corrected chi connectivity index (χ0v) is 12.7. The van der Waals surface area contributed by atoms with Crippen LogP contribution in [0.4, 0.5) is 4.39 Å². The van der Waals surface area contributed by atoms with Crippen molar-refractivity contribution in [3.63, 3.8) is 0 Å². The van der Waals surface area contributed by atoms with E-state index >= 15 is 0 Å². The van der Waals surface area contributed by atoms with Crippen LogP contribution in [0.15, 0.2) is 23.1 Å². The third-order valence-corrected chi connectivity index (χ3v) is 5.74. The van der Waals surface area contributed by atoms with E-state index in [1.165, 1.54) is 22.5 Å². The second-order valence-electron chi connectivity index (χ2n) is 5.24. The van der Waals surface area contributed by atoms with E-state index in [-0.39, 0.29) is 16.8 Å². The van der Waals surface area contributed by atoms with Crippen LogP contribution in [0.3, 0.4) is 0 Å². The van der Waals surface area contributed by atoms with Crippen molar-refractivity contribution >= 4 is 10.0 Å². The van der Waals surface area contributed by atoms with Gasteiger partial charge in [0.05, 0.1) is 4.90 Å². The summed E-state index contributed by atoms with van der Waals surface area (Å²) >= 11 is 0. The van der Waals surface area contributed by atoms with Crippen molar-refractivity contribution in [2.45, 2.75) is 43.7 Å². The topological polar surface area (TPSA) is 49.4 Å². The molecule has 0 spiro atoms. The van der Waals surface area contributed by atoms with Crippen LogP contribution in [0, 0.1) is 5.82 Å². The summed E-state index contributed by atoms with van der Waals surface area (Å²) in [6.07, 6.45) is 2.82. The molecule has 1 atom stereocenters. The van der Waals surface area contributed by atoms with Gasteiger partial charge in [-0.15, -0.1) is 0 Å². The van der Waals surface area contributed by atoms with Gasteiger partial charge in [-0.1, -0.05) is 6.42 Å². The maximum absolute atomic E-state index is 13.6. The summed E-state index contributed by atoms with van der Waals surface area (Å²) in [5.74, 6) is -0.384. The number of benzene rings is 1. The lowest BCUT2D eigenvalue weighted by Gasteiger charge is -2.32. The molecule has 0 aliphatic carbocycles. The van der Waals surface area contributed by atoms with Crippen LogP contribution in [0.5, 0.6) is 0 Å². The summed E-state index contributed by atoms with van der Waals surface area (Å²) in [6, 6.07) is 4.02. The molecule has 1 saturated heterocycles. The number of piperidine rings is 1. The molecule has 4 nitrogen and oxygen atoms in total. The van der Waals surface area contributed by atoms with Crippen molar-refractivity contribution < 1.29 is 12.8 Å². The highest BCUT2D eigenvalue weighted by atomic mass is 32.2. The number of halogens is 1. The molecule has 6 heteroatoms. The molecule has 1 aliphatic heterocycles. The Morgan fingerprint density at radius 2 is 2.15 bits per heavy atom. The minimum atomic E-state index is -3.53. The minimum absolute atomic E-state index is 0.00607. The number of nitrogens with zero attached hydrogens (tertiary/aromatic N) is 1. The normalized spacial score (nSPS) is 21.1. The molecule has 1 N–H and O–H groups in total. The molecular weight excluding hydrogens is 279 g/mol. The van der Waals surface area contributed by atoms with E-state index in [4.69, 9.17) is 0 Å². The molecular formula is C14H21FN2O2S. The van der Waals surface area contributed by atoms with Crippen LogP contribution in [0.2, 0.25) is 0 Å². The summed E-state index contributed by atoms with van der Waals surface area (Å²) in [5, 5.41) is 2.84. The summed E-state index contributed by atoms with van der Waals surface area (Å²) in [6.45, 7) is 2.78. The average Bonchev–Trinajstić information content (AvgIpc) is 2.41. The van der Waals surface area contributed by atoms with Crippen molar-refractivity contribution in [3.8, 4) is 0 Å². The van der Waals surface area contributed by atoms with Gasteiger partial charge in [0.2, 0.25) is 10.0 Å². The molecule has 2 rings (SSSR count). The molecule has 20 heavy (non-hydrogen) atoms. The number of nitrogens with one attached hydrogen (secondary N) is 1. The zero-order valence-electron chi connectivity index (χ0n) is 11.9. The zero-order chi connectivity index (χ0) is 14.8. The van der Waals surface area contributed by atoms with Crippen molar-refractivity contribution in [1.29, 1.82) is 0 Å². The van der Waals surface area contributed by atoms with E-state index in [1.54, 1.807) is 7.05 Å². The Balaban J connectivity index is 2.36. The van der Waals surface area contributed by atoms with Crippen LogP contribution >= 0.6 is 0 Å². The predicted molar refractivity (Wildman–Crippen MR) is 76.4 cm³/mol. The Labute approximate surface area is 120 Å². The molecule has 1 fully saturated rings. The van der Waals surface area contributed by atoms with E-state index in [9.17, 15) is 12.8 Å².